The zero-order chi connectivity index (χ0) is 21.1. The summed E-state index contributed by atoms with van der Waals surface area (Å²) in [4.78, 5) is 23.9. The van der Waals surface area contributed by atoms with E-state index < -0.39 is 18.0 Å². The van der Waals surface area contributed by atoms with Gasteiger partial charge in [0.25, 0.3) is 0 Å². The minimum atomic E-state index is -1.07. The number of amides is 1. The molecule has 0 spiro atoms. The Morgan fingerprint density at radius 2 is 1.47 bits per heavy atom. The molecule has 0 aliphatic heterocycles. The third kappa shape index (κ3) is 3.85. The SMILES string of the molecule is O=C(NCC(C(=O)O)c1ccc(O)cc1)OCC1c2ccccc2-c2ccccc21. The lowest BCUT2D eigenvalue weighted by Gasteiger charge is -2.16. The van der Waals surface area contributed by atoms with Gasteiger partial charge in [-0.05, 0) is 39.9 Å². The van der Waals surface area contributed by atoms with E-state index in [0.29, 0.717) is 5.56 Å². The molecule has 3 aromatic carbocycles. The van der Waals surface area contributed by atoms with Crippen molar-refractivity contribution in [1.82, 2.24) is 5.32 Å². The quantitative estimate of drug-likeness (QED) is 0.576. The van der Waals surface area contributed by atoms with Crippen LogP contribution in [0.4, 0.5) is 4.79 Å². The molecule has 4 rings (SSSR count). The highest BCUT2D eigenvalue weighted by Gasteiger charge is 2.29. The number of aliphatic carboxylic acids is 1. The van der Waals surface area contributed by atoms with Gasteiger partial charge in [-0.1, -0.05) is 60.7 Å². The average molecular weight is 403 g/mol. The molecule has 0 saturated carbocycles. The van der Waals surface area contributed by atoms with Crippen molar-refractivity contribution in [1.29, 1.82) is 0 Å². The van der Waals surface area contributed by atoms with E-state index in [1.807, 2.05) is 36.4 Å². The molecule has 0 fully saturated rings. The summed E-state index contributed by atoms with van der Waals surface area (Å²) in [5.74, 6) is -2.02. The number of hydrogen-bond acceptors (Lipinski definition) is 4. The van der Waals surface area contributed by atoms with Crippen LogP contribution in [-0.2, 0) is 9.53 Å². The second-order valence-corrected chi connectivity index (χ2v) is 7.19. The minimum absolute atomic E-state index is 0.0485. The third-order valence-corrected chi connectivity index (χ3v) is 5.39. The normalized spacial score (nSPS) is 13.2. The summed E-state index contributed by atoms with van der Waals surface area (Å²) in [6, 6.07) is 22.0. The number of rotatable bonds is 6. The van der Waals surface area contributed by atoms with Gasteiger partial charge < -0.3 is 20.3 Å². The van der Waals surface area contributed by atoms with Crippen LogP contribution in [0.5, 0.6) is 5.75 Å². The summed E-state index contributed by atoms with van der Waals surface area (Å²) >= 11 is 0. The van der Waals surface area contributed by atoms with Crippen molar-refractivity contribution in [2.45, 2.75) is 11.8 Å². The summed E-state index contributed by atoms with van der Waals surface area (Å²) in [5.41, 5.74) is 4.98. The molecule has 0 bridgehead atoms. The smallest absolute Gasteiger partial charge is 0.407 e. The Balaban J connectivity index is 1.40. The predicted octanol–water partition coefficient (Wildman–Crippen LogP) is 4.10. The molecule has 30 heavy (non-hydrogen) atoms. The number of phenolic OH excluding ortho intramolecular Hbond substituents is 1. The zero-order valence-electron chi connectivity index (χ0n) is 16.1. The third-order valence-electron chi connectivity index (χ3n) is 5.39. The number of carbonyl (C=O) groups is 2. The lowest BCUT2D eigenvalue weighted by atomic mass is 9.98. The molecule has 152 valence electrons. The number of phenols is 1. The van der Waals surface area contributed by atoms with E-state index in [-0.39, 0.29) is 24.8 Å². The molecule has 3 aromatic rings. The maximum absolute atomic E-state index is 12.3. The molecule has 3 N–H and O–H groups in total. The van der Waals surface area contributed by atoms with Gasteiger partial charge in [0.05, 0.1) is 5.92 Å². The number of carbonyl (C=O) groups excluding carboxylic acids is 1. The van der Waals surface area contributed by atoms with Gasteiger partial charge in [0.2, 0.25) is 0 Å². The van der Waals surface area contributed by atoms with Crippen molar-refractivity contribution in [3.8, 4) is 16.9 Å². The molecule has 0 saturated heterocycles. The van der Waals surface area contributed by atoms with E-state index in [1.165, 1.54) is 24.3 Å². The number of ether oxygens (including phenoxy) is 1. The van der Waals surface area contributed by atoms with E-state index in [1.54, 1.807) is 0 Å². The maximum atomic E-state index is 12.3. The van der Waals surface area contributed by atoms with Gasteiger partial charge in [-0.3, -0.25) is 4.79 Å². The van der Waals surface area contributed by atoms with Crippen LogP contribution < -0.4 is 5.32 Å². The van der Waals surface area contributed by atoms with E-state index in [4.69, 9.17) is 4.74 Å². The van der Waals surface area contributed by atoms with Crippen LogP contribution in [0.1, 0.15) is 28.5 Å². The van der Waals surface area contributed by atoms with Crippen molar-refractivity contribution in [2.24, 2.45) is 0 Å². The van der Waals surface area contributed by atoms with Crippen LogP contribution in [-0.4, -0.2) is 35.4 Å². The van der Waals surface area contributed by atoms with Gasteiger partial charge in [0.15, 0.2) is 0 Å². The van der Waals surface area contributed by atoms with E-state index >= 15 is 0 Å². The van der Waals surface area contributed by atoms with Crippen LogP contribution in [0, 0.1) is 0 Å². The number of alkyl carbamates (subject to hydrolysis) is 1. The maximum Gasteiger partial charge on any atom is 0.407 e. The van der Waals surface area contributed by atoms with E-state index in [0.717, 1.165) is 22.3 Å². The summed E-state index contributed by atoms with van der Waals surface area (Å²) in [6.45, 7) is 0.0492. The molecule has 1 unspecified atom stereocenters. The minimum Gasteiger partial charge on any atom is -0.508 e. The largest absolute Gasteiger partial charge is 0.508 e. The fraction of sp³-hybridized carbons (Fsp3) is 0.167. The highest BCUT2D eigenvalue weighted by Crippen LogP contribution is 2.44. The molecular formula is C24H21NO5. The van der Waals surface area contributed by atoms with Crippen molar-refractivity contribution in [2.75, 3.05) is 13.2 Å². The Hall–Kier alpha value is -3.80. The van der Waals surface area contributed by atoms with Gasteiger partial charge in [-0.15, -0.1) is 0 Å². The Morgan fingerprint density at radius 3 is 2.03 bits per heavy atom. The molecule has 1 amide bonds. The predicted molar refractivity (Wildman–Crippen MR) is 112 cm³/mol. The van der Waals surface area contributed by atoms with Gasteiger partial charge >= 0.3 is 12.1 Å². The monoisotopic (exact) mass is 403 g/mol. The highest BCUT2D eigenvalue weighted by atomic mass is 16.5. The zero-order valence-corrected chi connectivity index (χ0v) is 16.1. The Morgan fingerprint density at radius 1 is 0.900 bits per heavy atom. The number of nitrogens with one attached hydrogen (secondary N) is 1. The molecule has 1 aliphatic carbocycles. The second-order valence-electron chi connectivity index (χ2n) is 7.19. The summed E-state index contributed by atoms with van der Waals surface area (Å²) < 4.78 is 5.44. The van der Waals surface area contributed by atoms with E-state index in [9.17, 15) is 19.8 Å². The van der Waals surface area contributed by atoms with Gasteiger partial charge in [-0.2, -0.15) is 0 Å². The lowest BCUT2D eigenvalue weighted by Crippen LogP contribution is -2.32. The number of aromatic hydroxyl groups is 1. The lowest BCUT2D eigenvalue weighted by molar-refractivity contribution is -0.138. The average Bonchev–Trinajstić information content (AvgIpc) is 3.07. The van der Waals surface area contributed by atoms with Crippen LogP contribution in [0.3, 0.4) is 0 Å². The Bertz CT molecular complexity index is 1030. The van der Waals surface area contributed by atoms with Crippen LogP contribution in [0.2, 0.25) is 0 Å². The topological polar surface area (TPSA) is 95.9 Å². The van der Waals surface area contributed by atoms with Gasteiger partial charge in [0, 0.05) is 12.5 Å². The first-order valence-electron chi connectivity index (χ1n) is 9.65. The molecule has 0 radical (unpaired) electrons. The van der Waals surface area contributed by atoms with Crippen LogP contribution >= 0.6 is 0 Å². The standard InChI is InChI=1S/C24H21NO5/c26-16-11-9-15(10-12-16)21(23(27)28)13-25-24(29)30-14-22-19-7-3-1-5-17(19)18-6-2-4-8-20(18)22/h1-12,21-22,26H,13-14H2,(H,25,29)(H,27,28). The Kier molecular flexibility index (Phi) is 5.39. The first-order valence-corrected chi connectivity index (χ1v) is 9.65. The summed E-state index contributed by atoms with van der Waals surface area (Å²) in [6.07, 6.45) is -0.665. The van der Waals surface area contributed by atoms with Crippen molar-refractivity contribution >= 4 is 12.1 Å². The summed E-state index contributed by atoms with van der Waals surface area (Å²) in [7, 11) is 0. The first kappa shape index (κ1) is 19.5. The van der Waals surface area contributed by atoms with Gasteiger partial charge in [0.1, 0.15) is 12.4 Å². The van der Waals surface area contributed by atoms with Gasteiger partial charge in [-0.25, -0.2) is 4.79 Å². The Labute approximate surface area is 173 Å². The number of hydrogen-bond donors (Lipinski definition) is 3. The molecule has 6 heteroatoms. The van der Waals surface area contributed by atoms with Crippen molar-refractivity contribution in [3.05, 3.63) is 89.5 Å². The first-order chi connectivity index (χ1) is 14.5. The highest BCUT2D eigenvalue weighted by molar-refractivity contribution is 5.79. The fourth-order valence-corrected chi connectivity index (χ4v) is 3.89. The van der Waals surface area contributed by atoms with Crippen LogP contribution in [0.15, 0.2) is 72.8 Å². The fourth-order valence-electron chi connectivity index (χ4n) is 3.89. The molecule has 1 aliphatic rings. The van der Waals surface area contributed by atoms with Crippen LogP contribution in [0.25, 0.3) is 11.1 Å². The van der Waals surface area contributed by atoms with Crippen molar-refractivity contribution in [3.63, 3.8) is 0 Å². The molecule has 0 aromatic heterocycles. The summed E-state index contributed by atoms with van der Waals surface area (Å²) in [5, 5.41) is 21.4. The second kappa shape index (κ2) is 8.29. The number of carboxylic acid groups (broad SMARTS) is 1. The molecule has 1 atom stereocenters. The molecule has 0 heterocycles. The number of fused-ring (bicyclic) bond motifs is 3. The van der Waals surface area contributed by atoms with E-state index in [2.05, 4.69) is 17.4 Å². The molecular weight excluding hydrogens is 382 g/mol. The molecule has 6 nitrogen and oxygen atoms in total. The van der Waals surface area contributed by atoms with Crippen molar-refractivity contribution < 1.29 is 24.5 Å². The number of carboxylic acids is 1. The number of benzene rings is 3.